The van der Waals surface area contributed by atoms with Crippen LogP contribution in [0.5, 0.6) is 0 Å². The van der Waals surface area contributed by atoms with E-state index in [4.69, 9.17) is 17.4 Å². The molecule has 0 aliphatic carbocycles. The van der Waals surface area contributed by atoms with Crippen molar-refractivity contribution in [3.05, 3.63) is 16.4 Å². The summed E-state index contributed by atoms with van der Waals surface area (Å²) < 4.78 is 1.88. The van der Waals surface area contributed by atoms with Gasteiger partial charge in [0.15, 0.2) is 0 Å². The minimum absolute atomic E-state index is 0.216. The number of halogens is 1. The Bertz CT molecular complexity index is 401. The summed E-state index contributed by atoms with van der Waals surface area (Å²) >= 11 is 6.39. The molecule has 0 amide bonds. The van der Waals surface area contributed by atoms with E-state index in [9.17, 15) is 0 Å². The van der Waals surface area contributed by atoms with Gasteiger partial charge in [-0.15, -0.1) is 0 Å². The van der Waals surface area contributed by atoms with E-state index in [2.05, 4.69) is 36.2 Å². The van der Waals surface area contributed by atoms with Crippen molar-refractivity contribution in [3.8, 4) is 0 Å². The third kappa shape index (κ3) is 4.45. The summed E-state index contributed by atoms with van der Waals surface area (Å²) in [5, 5.41) is 5.24. The summed E-state index contributed by atoms with van der Waals surface area (Å²) in [5.74, 6) is 5.69. The molecule has 0 radical (unpaired) electrons. The lowest BCUT2D eigenvalue weighted by atomic mass is 10.1. The molecule has 1 rings (SSSR count). The Morgan fingerprint density at radius 1 is 1.35 bits per heavy atom. The van der Waals surface area contributed by atoms with Crippen molar-refractivity contribution in [2.24, 2.45) is 12.9 Å². The van der Waals surface area contributed by atoms with Gasteiger partial charge in [-0.05, 0) is 32.5 Å². The van der Waals surface area contributed by atoms with E-state index in [1.165, 1.54) is 0 Å². The highest BCUT2D eigenvalue weighted by Gasteiger charge is 2.17. The molecule has 0 spiro atoms. The molecular formula is C14H28ClN5. The maximum Gasteiger partial charge on any atom is 0.0850 e. The van der Waals surface area contributed by atoms with Crippen LogP contribution in [0.3, 0.4) is 0 Å². The van der Waals surface area contributed by atoms with E-state index in [0.717, 1.165) is 55.3 Å². The van der Waals surface area contributed by atoms with Gasteiger partial charge in [-0.2, -0.15) is 5.10 Å². The van der Waals surface area contributed by atoms with E-state index in [1.807, 2.05) is 11.7 Å². The minimum Gasteiger partial charge on any atom is -0.304 e. The predicted octanol–water partition coefficient (Wildman–Crippen LogP) is 1.74. The van der Waals surface area contributed by atoms with Crippen LogP contribution in [0, 0.1) is 0 Å². The fourth-order valence-corrected chi connectivity index (χ4v) is 2.77. The average Bonchev–Trinajstić information content (AvgIpc) is 2.73. The fraction of sp³-hybridized carbons (Fsp3) is 0.786. The number of hydrogen-bond acceptors (Lipinski definition) is 4. The summed E-state index contributed by atoms with van der Waals surface area (Å²) in [5.41, 5.74) is 4.93. The van der Waals surface area contributed by atoms with Crippen LogP contribution in [0.25, 0.3) is 0 Å². The lowest BCUT2D eigenvalue weighted by Gasteiger charge is -2.22. The van der Waals surface area contributed by atoms with E-state index in [-0.39, 0.29) is 6.04 Å². The summed E-state index contributed by atoms with van der Waals surface area (Å²) in [7, 11) is 1.94. The smallest absolute Gasteiger partial charge is 0.0850 e. The highest BCUT2D eigenvalue weighted by molar-refractivity contribution is 6.31. The van der Waals surface area contributed by atoms with Crippen molar-refractivity contribution in [1.29, 1.82) is 0 Å². The van der Waals surface area contributed by atoms with Crippen LogP contribution in [0.4, 0.5) is 0 Å². The molecule has 116 valence electrons. The Morgan fingerprint density at radius 2 is 2.00 bits per heavy atom. The van der Waals surface area contributed by atoms with Gasteiger partial charge in [-0.1, -0.05) is 32.4 Å². The molecule has 0 aromatic carbocycles. The Morgan fingerprint density at radius 3 is 2.45 bits per heavy atom. The van der Waals surface area contributed by atoms with Crippen LogP contribution in [0.1, 0.15) is 38.6 Å². The number of rotatable bonds is 9. The molecule has 1 aromatic rings. The van der Waals surface area contributed by atoms with Crippen LogP contribution in [-0.2, 0) is 19.9 Å². The third-order valence-corrected chi connectivity index (χ3v) is 4.30. The summed E-state index contributed by atoms with van der Waals surface area (Å²) in [6.45, 7) is 9.61. The van der Waals surface area contributed by atoms with E-state index in [0.29, 0.717) is 0 Å². The monoisotopic (exact) mass is 301 g/mol. The van der Waals surface area contributed by atoms with Crippen LogP contribution in [-0.4, -0.2) is 40.4 Å². The van der Waals surface area contributed by atoms with Crippen LogP contribution in [0.15, 0.2) is 0 Å². The van der Waals surface area contributed by atoms with Gasteiger partial charge < -0.3 is 4.90 Å². The highest BCUT2D eigenvalue weighted by atomic mass is 35.5. The number of hydrazine groups is 1. The normalized spacial score (nSPS) is 13.2. The Hall–Kier alpha value is -0.620. The van der Waals surface area contributed by atoms with Crippen molar-refractivity contribution in [3.63, 3.8) is 0 Å². The quantitative estimate of drug-likeness (QED) is 0.539. The predicted molar refractivity (Wildman–Crippen MR) is 84.8 cm³/mol. The fourth-order valence-electron chi connectivity index (χ4n) is 2.40. The van der Waals surface area contributed by atoms with Gasteiger partial charge in [0.1, 0.15) is 0 Å². The zero-order valence-electron chi connectivity index (χ0n) is 13.1. The van der Waals surface area contributed by atoms with Crippen LogP contribution < -0.4 is 11.3 Å². The standard InChI is InChI=1S/C14H28ClN5/c1-5-12-14(15)13(19(4)18-12)10-11(17-16)8-9-20(6-2)7-3/h11,17H,5-10,16H2,1-4H3. The van der Waals surface area contributed by atoms with Gasteiger partial charge in [0, 0.05) is 19.5 Å². The molecular weight excluding hydrogens is 274 g/mol. The molecule has 1 aromatic heterocycles. The van der Waals surface area contributed by atoms with Crippen LogP contribution in [0.2, 0.25) is 5.02 Å². The summed E-state index contributed by atoms with van der Waals surface area (Å²) in [6, 6.07) is 0.216. The van der Waals surface area contributed by atoms with Gasteiger partial charge in [0.2, 0.25) is 0 Å². The topological polar surface area (TPSA) is 59.1 Å². The zero-order chi connectivity index (χ0) is 15.1. The Labute approximate surface area is 127 Å². The molecule has 0 fully saturated rings. The van der Waals surface area contributed by atoms with Crippen molar-refractivity contribution in [2.45, 2.75) is 46.1 Å². The van der Waals surface area contributed by atoms with E-state index < -0.39 is 0 Å². The molecule has 6 heteroatoms. The minimum atomic E-state index is 0.216. The Kier molecular flexibility index (Phi) is 7.51. The molecule has 0 aliphatic rings. The largest absolute Gasteiger partial charge is 0.304 e. The first-order valence-corrected chi connectivity index (χ1v) is 7.83. The number of nitrogens with zero attached hydrogens (tertiary/aromatic N) is 3. The van der Waals surface area contributed by atoms with Gasteiger partial charge in [-0.25, -0.2) is 0 Å². The number of nitrogens with one attached hydrogen (secondary N) is 1. The van der Waals surface area contributed by atoms with Crippen molar-refractivity contribution >= 4 is 11.6 Å². The first kappa shape index (κ1) is 17.4. The molecule has 1 atom stereocenters. The zero-order valence-corrected chi connectivity index (χ0v) is 13.9. The Balaban J connectivity index is 2.66. The van der Waals surface area contributed by atoms with Crippen molar-refractivity contribution in [1.82, 2.24) is 20.1 Å². The molecule has 0 aliphatic heterocycles. The summed E-state index contributed by atoms with van der Waals surface area (Å²) in [6.07, 6.45) is 2.66. The van der Waals surface area contributed by atoms with Gasteiger partial charge in [-0.3, -0.25) is 16.0 Å². The number of aryl methyl sites for hydroxylation is 2. The molecule has 0 saturated heterocycles. The molecule has 0 saturated carbocycles. The molecule has 1 unspecified atom stereocenters. The second-order valence-electron chi connectivity index (χ2n) is 5.07. The van der Waals surface area contributed by atoms with Gasteiger partial charge in [0.25, 0.3) is 0 Å². The van der Waals surface area contributed by atoms with Gasteiger partial charge >= 0.3 is 0 Å². The molecule has 1 heterocycles. The van der Waals surface area contributed by atoms with Crippen molar-refractivity contribution < 1.29 is 0 Å². The second kappa shape index (κ2) is 8.62. The first-order chi connectivity index (χ1) is 9.57. The lowest BCUT2D eigenvalue weighted by Crippen LogP contribution is -2.40. The lowest BCUT2D eigenvalue weighted by molar-refractivity contribution is 0.280. The van der Waals surface area contributed by atoms with E-state index in [1.54, 1.807) is 0 Å². The van der Waals surface area contributed by atoms with E-state index >= 15 is 0 Å². The summed E-state index contributed by atoms with van der Waals surface area (Å²) in [4.78, 5) is 2.40. The number of nitrogens with two attached hydrogens (primary N) is 1. The van der Waals surface area contributed by atoms with Crippen LogP contribution >= 0.6 is 11.6 Å². The van der Waals surface area contributed by atoms with Gasteiger partial charge in [0.05, 0.1) is 16.4 Å². The molecule has 3 N–H and O–H groups in total. The maximum absolute atomic E-state index is 6.39. The number of hydrogen-bond donors (Lipinski definition) is 2. The first-order valence-electron chi connectivity index (χ1n) is 7.45. The number of aromatic nitrogens is 2. The average molecular weight is 302 g/mol. The highest BCUT2D eigenvalue weighted by Crippen LogP contribution is 2.22. The third-order valence-electron chi connectivity index (χ3n) is 3.87. The molecule has 0 bridgehead atoms. The second-order valence-corrected chi connectivity index (χ2v) is 5.45. The molecule has 5 nitrogen and oxygen atoms in total. The molecule has 20 heavy (non-hydrogen) atoms. The van der Waals surface area contributed by atoms with Crippen molar-refractivity contribution in [2.75, 3.05) is 19.6 Å². The SMILES string of the molecule is CCc1nn(C)c(CC(CCN(CC)CC)NN)c1Cl. The maximum atomic E-state index is 6.39.